The normalized spacial score (nSPS) is 25.7. The van der Waals surface area contributed by atoms with E-state index in [9.17, 15) is 13.6 Å². The number of ether oxygens (including phenoxy) is 1. The van der Waals surface area contributed by atoms with E-state index < -0.39 is 23.2 Å². The molecule has 1 aromatic carbocycles. The fourth-order valence-electron chi connectivity index (χ4n) is 2.68. The van der Waals surface area contributed by atoms with Crippen molar-refractivity contribution in [3.63, 3.8) is 0 Å². The van der Waals surface area contributed by atoms with E-state index in [-0.39, 0.29) is 17.8 Å². The Hall–Kier alpha value is -1.69. The van der Waals surface area contributed by atoms with Gasteiger partial charge in [-0.2, -0.15) is 0 Å². The second-order valence-electron chi connectivity index (χ2n) is 5.33. The lowest BCUT2D eigenvalue weighted by molar-refractivity contribution is 0.0695. The maximum Gasteiger partial charge on any atom is 0.335 e. The Morgan fingerprint density at radius 1 is 1.25 bits per heavy atom. The summed E-state index contributed by atoms with van der Waals surface area (Å²) < 4.78 is 33.3. The summed E-state index contributed by atoms with van der Waals surface area (Å²) in [6.07, 6.45) is 2.87. The van der Waals surface area contributed by atoms with E-state index in [4.69, 9.17) is 9.84 Å². The van der Waals surface area contributed by atoms with Crippen molar-refractivity contribution in [3.8, 4) is 0 Å². The fraction of sp³-hybridized carbons (Fsp3) is 0.500. The molecule has 1 aliphatic heterocycles. The highest BCUT2D eigenvalue weighted by atomic mass is 19.1. The third-order valence-corrected chi connectivity index (χ3v) is 3.84. The van der Waals surface area contributed by atoms with Gasteiger partial charge in [-0.05, 0) is 37.3 Å². The molecule has 4 nitrogen and oxygen atoms in total. The third-order valence-electron chi connectivity index (χ3n) is 3.84. The molecule has 2 atom stereocenters. The first-order chi connectivity index (χ1) is 9.56. The summed E-state index contributed by atoms with van der Waals surface area (Å²) in [5, 5.41) is 11.6. The van der Waals surface area contributed by atoms with Crippen LogP contribution in [0.15, 0.2) is 12.1 Å². The van der Waals surface area contributed by atoms with Gasteiger partial charge >= 0.3 is 5.97 Å². The Morgan fingerprint density at radius 2 is 1.90 bits per heavy atom. The van der Waals surface area contributed by atoms with E-state index in [0.29, 0.717) is 18.9 Å². The molecule has 6 heteroatoms. The number of hydrogen-bond donors (Lipinski definition) is 2. The largest absolute Gasteiger partial charge is 0.478 e. The first-order valence-electron chi connectivity index (χ1n) is 6.66. The second-order valence-corrected chi connectivity index (χ2v) is 5.33. The van der Waals surface area contributed by atoms with Crippen LogP contribution in [0.3, 0.4) is 0 Å². The Labute approximate surface area is 114 Å². The zero-order valence-corrected chi connectivity index (χ0v) is 10.7. The fourth-order valence-corrected chi connectivity index (χ4v) is 2.68. The van der Waals surface area contributed by atoms with Gasteiger partial charge in [0, 0.05) is 6.61 Å². The quantitative estimate of drug-likeness (QED) is 0.892. The molecule has 0 radical (unpaired) electrons. The van der Waals surface area contributed by atoms with E-state index in [2.05, 4.69) is 5.32 Å². The molecule has 2 unspecified atom stereocenters. The lowest BCUT2D eigenvalue weighted by Crippen LogP contribution is -2.31. The number of anilines is 1. The Morgan fingerprint density at radius 3 is 2.45 bits per heavy atom. The summed E-state index contributed by atoms with van der Waals surface area (Å²) in [4.78, 5) is 10.7. The predicted octanol–water partition coefficient (Wildman–Crippen LogP) is 2.64. The van der Waals surface area contributed by atoms with Crippen LogP contribution in [-0.2, 0) is 4.74 Å². The summed E-state index contributed by atoms with van der Waals surface area (Å²) in [5.74, 6) is -2.65. The predicted molar refractivity (Wildman–Crippen MR) is 67.8 cm³/mol. The highest BCUT2D eigenvalue weighted by Gasteiger charge is 2.41. The van der Waals surface area contributed by atoms with E-state index in [1.54, 1.807) is 0 Å². The summed E-state index contributed by atoms with van der Waals surface area (Å²) in [6, 6.07) is 1.54. The highest BCUT2D eigenvalue weighted by Crippen LogP contribution is 2.40. The van der Waals surface area contributed by atoms with Crippen LogP contribution in [0.1, 0.15) is 29.6 Å². The van der Waals surface area contributed by atoms with Crippen LogP contribution in [0.2, 0.25) is 0 Å². The maximum atomic E-state index is 13.9. The van der Waals surface area contributed by atoms with Gasteiger partial charge < -0.3 is 15.2 Å². The molecule has 20 heavy (non-hydrogen) atoms. The summed E-state index contributed by atoms with van der Waals surface area (Å²) in [5.41, 5.74) is -0.664. The Bertz CT molecular complexity index is 522. The number of halogens is 2. The standard InChI is InChI=1S/C14H15F2NO3/c15-9-5-8(14(18)19)6-10(16)12(9)17-11-3-4-20-13(11)7-1-2-7/h5-7,11,13,17H,1-4H2,(H,18,19). The molecule has 0 spiro atoms. The first kappa shape index (κ1) is 13.3. The van der Waals surface area contributed by atoms with Crippen molar-refractivity contribution in [2.24, 2.45) is 5.92 Å². The average Bonchev–Trinajstić information content (AvgIpc) is 3.13. The number of carboxylic acid groups (broad SMARTS) is 1. The Kier molecular flexibility index (Phi) is 3.33. The number of carbonyl (C=O) groups is 1. The van der Waals surface area contributed by atoms with Gasteiger partial charge in [-0.3, -0.25) is 0 Å². The third kappa shape index (κ3) is 2.47. The molecule has 3 rings (SSSR count). The minimum Gasteiger partial charge on any atom is -0.478 e. The van der Waals surface area contributed by atoms with Crippen LogP contribution in [0, 0.1) is 17.6 Å². The average molecular weight is 283 g/mol. The number of benzene rings is 1. The van der Waals surface area contributed by atoms with Crippen molar-refractivity contribution in [1.82, 2.24) is 0 Å². The molecule has 2 aliphatic rings. The van der Waals surface area contributed by atoms with Crippen molar-refractivity contribution in [2.45, 2.75) is 31.4 Å². The van der Waals surface area contributed by atoms with Crippen LogP contribution >= 0.6 is 0 Å². The maximum absolute atomic E-state index is 13.9. The van der Waals surface area contributed by atoms with Gasteiger partial charge in [0.15, 0.2) is 0 Å². The number of aromatic carboxylic acids is 1. The molecule has 108 valence electrons. The van der Waals surface area contributed by atoms with Gasteiger partial charge in [0.25, 0.3) is 0 Å². The van der Waals surface area contributed by atoms with Gasteiger partial charge in [0.05, 0.1) is 17.7 Å². The van der Waals surface area contributed by atoms with Crippen LogP contribution in [0.25, 0.3) is 0 Å². The lowest BCUT2D eigenvalue weighted by Gasteiger charge is -2.21. The van der Waals surface area contributed by atoms with Crippen molar-refractivity contribution < 1.29 is 23.4 Å². The number of hydrogen-bond acceptors (Lipinski definition) is 3. The van der Waals surface area contributed by atoms with Crippen molar-refractivity contribution in [2.75, 3.05) is 11.9 Å². The topological polar surface area (TPSA) is 58.6 Å². The molecule has 2 N–H and O–H groups in total. The molecule has 0 bridgehead atoms. The molecule has 1 heterocycles. The lowest BCUT2D eigenvalue weighted by atomic mass is 10.1. The van der Waals surface area contributed by atoms with Gasteiger partial charge in [0.2, 0.25) is 0 Å². The first-order valence-corrected chi connectivity index (χ1v) is 6.66. The molecule has 2 fully saturated rings. The minimum absolute atomic E-state index is 0.00653. The number of rotatable bonds is 4. The van der Waals surface area contributed by atoms with Gasteiger partial charge in [0.1, 0.15) is 17.3 Å². The molecule has 1 aliphatic carbocycles. The van der Waals surface area contributed by atoms with Gasteiger partial charge in [-0.15, -0.1) is 0 Å². The van der Waals surface area contributed by atoms with Crippen LogP contribution in [0.4, 0.5) is 14.5 Å². The molecule has 0 aromatic heterocycles. The Balaban J connectivity index is 1.81. The van der Waals surface area contributed by atoms with E-state index in [1.807, 2.05) is 0 Å². The summed E-state index contributed by atoms with van der Waals surface area (Å²) in [6.45, 7) is 0.579. The number of carboxylic acids is 1. The van der Waals surface area contributed by atoms with Crippen molar-refractivity contribution in [1.29, 1.82) is 0 Å². The zero-order valence-electron chi connectivity index (χ0n) is 10.7. The van der Waals surface area contributed by atoms with Crippen LogP contribution in [0.5, 0.6) is 0 Å². The smallest absolute Gasteiger partial charge is 0.335 e. The molecule has 1 saturated heterocycles. The second kappa shape index (κ2) is 5.01. The SMILES string of the molecule is O=C(O)c1cc(F)c(NC2CCOC2C2CC2)c(F)c1. The summed E-state index contributed by atoms with van der Waals surface area (Å²) in [7, 11) is 0. The van der Waals surface area contributed by atoms with E-state index in [1.165, 1.54) is 0 Å². The van der Waals surface area contributed by atoms with Gasteiger partial charge in [-0.25, -0.2) is 13.6 Å². The monoisotopic (exact) mass is 283 g/mol. The molecule has 1 aromatic rings. The van der Waals surface area contributed by atoms with Gasteiger partial charge in [-0.1, -0.05) is 0 Å². The van der Waals surface area contributed by atoms with Crippen LogP contribution in [-0.4, -0.2) is 29.8 Å². The number of nitrogens with one attached hydrogen (secondary N) is 1. The minimum atomic E-state index is -1.35. The van der Waals surface area contributed by atoms with E-state index >= 15 is 0 Å². The van der Waals surface area contributed by atoms with Crippen LogP contribution < -0.4 is 5.32 Å². The zero-order chi connectivity index (χ0) is 14.3. The molecular formula is C14H15F2NO3. The summed E-state index contributed by atoms with van der Waals surface area (Å²) >= 11 is 0. The molecular weight excluding hydrogens is 268 g/mol. The molecule has 1 saturated carbocycles. The highest BCUT2D eigenvalue weighted by molar-refractivity contribution is 5.88. The molecule has 0 amide bonds. The van der Waals surface area contributed by atoms with Crippen molar-refractivity contribution in [3.05, 3.63) is 29.3 Å². The van der Waals surface area contributed by atoms with E-state index in [0.717, 1.165) is 25.0 Å². The van der Waals surface area contributed by atoms with Crippen molar-refractivity contribution >= 4 is 11.7 Å².